The van der Waals surface area contributed by atoms with Gasteiger partial charge in [-0.2, -0.15) is 4.98 Å². The van der Waals surface area contributed by atoms with Crippen molar-refractivity contribution in [2.75, 3.05) is 54.8 Å². The molecule has 3 N–H and O–H groups in total. The third kappa shape index (κ3) is 7.58. The molecule has 15 nitrogen and oxygen atoms in total. The molecular weight excluding hydrogens is 778 g/mol. The number of amides is 4. The molecule has 1 atom stereocenters. The van der Waals surface area contributed by atoms with E-state index in [2.05, 4.69) is 64.5 Å². The number of halogens is 1. The van der Waals surface area contributed by atoms with E-state index in [1.807, 2.05) is 30.3 Å². The summed E-state index contributed by atoms with van der Waals surface area (Å²) in [6.07, 6.45) is 8.52. The van der Waals surface area contributed by atoms with Crippen molar-refractivity contribution < 1.29 is 23.6 Å². The van der Waals surface area contributed by atoms with Gasteiger partial charge in [0, 0.05) is 86.9 Å². The second-order valence-corrected chi connectivity index (χ2v) is 16.7. The molecule has 1 saturated carbocycles. The molecule has 16 heteroatoms. The Labute approximate surface area is 352 Å². The molecule has 314 valence electrons. The van der Waals surface area contributed by atoms with Gasteiger partial charge in [0.2, 0.25) is 23.7 Å². The summed E-state index contributed by atoms with van der Waals surface area (Å²) in [5.74, 6) is -2.08. The number of piperazine rings is 1. The van der Waals surface area contributed by atoms with Crippen LogP contribution in [0.15, 0.2) is 72.9 Å². The number of imidazole rings is 1. The molecule has 4 amide bonds. The average molecular weight is 826 g/mol. The zero-order chi connectivity index (χ0) is 41.6. The minimum atomic E-state index is -1.13. The number of nitrogens with zero attached hydrogens (tertiary/aromatic N) is 8. The van der Waals surface area contributed by atoms with E-state index in [4.69, 9.17) is 9.97 Å². The van der Waals surface area contributed by atoms with Crippen molar-refractivity contribution >= 4 is 63.8 Å². The number of benzene rings is 3. The third-order valence-corrected chi connectivity index (χ3v) is 13.0. The molecule has 0 radical (unpaired) electrons. The van der Waals surface area contributed by atoms with Crippen LogP contribution in [0.4, 0.5) is 33.3 Å². The van der Waals surface area contributed by atoms with Gasteiger partial charge in [0.1, 0.15) is 17.4 Å². The molecule has 2 aromatic heterocycles. The monoisotopic (exact) mass is 825 g/mol. The number of hydrogen-bond acceptors (Lipinski definition) is 12. The van der Waals surface area contributed by atoms with Gasteiger partial charge in [-0.3, -0.25) is 43.8 Å². The molecule has 4 aliphatic heterocycles. The quantitative estimate of drug-likeness (QED) is 0.147. The Hall–Kier alpha value is -6.26. The van der Waals surface area contributed by atoms with Crippen LogP contribution >= 0.6 is 0 Å². The number of carbonyl (C=O) groups is 4. The molecule has 4 fully saturated rings. The number of imide groups is 2. The molecular formula is C45H48FN11O4. The van der Waals surface area contributed by atoms with E-state index < -0.39 is 35.5 Å². The van der Waals surface area contributed by atoms with E-state index in [0.717, 1.165) is 98.3 Å². The molecule has 5 aromatic rings. The number of carbonyl (C=O) groups excluding carboxylic acids is 4. The number of fused-ring (bicyclic) bond motifs is 2. The normalized spacial score (nSPS) is 20.8. The van der Waals surface area contributed by atoms with Gasteiger partial charge in [0.25, 0.3) is 11.8 Å². The van der Waals surface area contributed by atoms with Crippen molar-refractivity contribution in [1.82, 2.24) is 39.5 Å². The first-order valence-corrected chi connectivity index (χ1v) is 21.5. The highest BCUT2D eigenvalue weighted by atomic mass is 19.1. The fourth-order valence-corrected chi connectivity index (χ4v) is 9.78. The molecule has 0 bridgehead atoms. The summed E-state index contributed by atoms with van der Waals surface area (Å²) in [4.78, 5) is 72.9. The predicted molar refractivity (Wildman–Crippen MR) is 227 cm³/mol. The second kappa shape index (κ2) is 16.3. The van der Waals surface area contributed by atoms with Crippen LogP contribution in [-0.2, 0) is 16.1 Å². The Morgan fingerprint density at radius 2 is 1.48 bits per heavy atom. The van der Waals surface area contributed by atoms with E-state index in [9.17, 15) is 19.2 Å². The van der Waals surface area contributed by atoms with Crippen LogP contribution in [0, 0.1) is 5.82 Å². The van der Waals surface area contributed by atoms with Crippen molar-refractivity contribution in [2.24, 2.45) is 0 Å². The van der Waals surface area contributed by atoms with Crippen molar-refractivity contribution in [1.29, 1.82) is 0 Å². The molecule has 6 heterocycles. The van der Waals surface area contributed by atoms with Gasteiger partial charge in [0.05, 0.1) is 17.3 Å². The number of aromatic nitrogens is 4. The summed E-state index contributed by atoms with van der Waals surface area (Å²) in [6.45, 7) is 5.44. The lowest BCUT2D eigenvalue weighted by molar-refractivity contribution is -0.136. The van der Waals surface area contributed by atoms with Crippen molar-refractivity contribution in [3.63, 3.8) is 0 Å². The smallest absolute Gasteiger partial charge is 0.265 e. The Balaban J connectivity index is 0.722. The third-order valence-electron chi connectivity index (χ3n) is 13.0. The van der Waals surface area contributed by atoms with Crippen molar-refractivity contribution in [2.45, 2.75) is 76.0 Å². The molecule has 10 rings (SSSR count). The summed E-state index contributed by atoms with van der Waals surface area (Å²) >= 11 is 0. The largest absolute Gasteiger partial charge is 0.371 e. The summed E-state index contributed by atoms with van der Waals surface area (Å²) < 4.78 is 18.1. The summed E-state index contributed by atoms with van der Waals surface area (Å²) in [6, 6.07) is 21.3. The van der Waals surface area contributed by atoms with Crippen LogP contribution < -0.4 is 20.9 Å². The number of hydrogen-bond donors (Lipinski definition) is 3. The lowest BCUT2D eigenvalue weighted by Gasteiger charge is -2.43. The van der Waals surface area contributed by atoms with Gasteiger partial charge in [-0.15, -0.1) is 0 Å². The Morgan fingerprint density at radius 1 is 0.738 bits per heavy atom. The van der Waals surface area contributed by atoms with Crippen LogP contribution in [0.1, 0.15) is 83.7 Å². The molecule has 3 saturated heterocycles. The highest BCUT2D eigenvalue weighted by Crippen LogP contribution is 2.37. The van der Waals surface area contributed by atoms with Crippen molar-refractivity contribution in [3.8, 4) is 0 Å². The van der Waals surface area contributed by atoms with Crippen LogP contribution in [0.5, 0.6) is 0 Å². The number of piperidine rings is 2. The Kier molecular flexibility index (Phi) is 10.4. The lowest BCUT2D eigenvalue weighted by Crippen LogP contribution is -2.54. The van der Waals surface area contributed by atoms with Gasteiger partial charge in [-0.25, -0.2) is 14.4 Å². The van der Waals surface area contributed by atoms with Crippen molar-refractivity contribution in [3.05, 3.63) is 95.4 Å². The van der Waals surface area contributed by atoms with Crippen LogP contribution in [0.2, 0.25) is 0 Å². The first-order chi connectivity index (χ1) is 29.8. The number of nitrogens with one attached hydrogen (secondary N) is 3. The number of rotatable bonds is 10. The summed E-state index contributed by atoms with van der Waals surface area (Å²) in [5, 5.41) is 9.10. The summed E-state index contributed by atoms with van der Waals surface area (Å²) in [5.41, 5.74) is 4.69. The van der Waals surface area contributed by atoms with E-state index in [1.54, 1.807) is 12.3 Å². The average Bonchev–Trinajstić information content (AvgIpc) is 3.99. The minimum absolute atomic E-state index is 0.00842. The standard InChI is InChI=1S/C45H48FN11O4/c46-39-28(10-15-34-38(39)43(61)57(42(34)60)36-16-17-37(58)51-41(36)59)27-53-22-24-55(25-23-53)32-18-20-54(21-19-32)31-13-11-30(12-14-31)48-44-47-26-35-40(52-44)56(33-8-4-5-9-33)45(50-35)49-29-6-2-1-3-7-29/h1-3,6-7,10-15,26,32-33,36H,4-5,8-9,16-25,27H2,(H,49,50)(H,47,48,52)(H,51,58,59). The molecule has 0 spiro atoms. The molecule has 5 aliphatic rings. The Morgan fingerprint density at radius 3 is 2.21 bits per heavy atom. The van der Waals surface area contributed by atoms with Gasteiger partial charge in [0.15, 0.2) is 5.65 Å². The van der Waals surface area contributed by atoms with Crippen LogP contribution in [0.25, 0.3) is 11.2 Å². The highest BCUT2D eigenvalue weighted by molar-refractivity contribution is 6.23. The fraction of sp³-hybridized carbons (Fsp3) is 0.400. The SMILES string of the molecule is O=C1CCC(N2C(=O)c3ccc(CN4CCN(C5CCN(c6ccc(Nc7ncc8nc(Nc9ccccc9)n(C9CCCC9)c8n7)cc6)CC5)CC4)c(F)c3C2=O)C(=O)N1. The molecule has 61 heavy (non-hydrogen) atoms. The fourth-order valence-electron chi connectivity index (χ4n) is 9.78. The zero-order valence-electron chi connectivity index (χ0n) is 33.9. The number of anilines is 5. The first kappa shape index (κ1) is 38.9. The summed E-state index contributed by atoms with van der Waals surface area (Å²) in [7, 11) is 0. The van der Waals surface area contributed by atoms with Gasteiger partial charge >= 0.3 is 0 Å². The second-order valence-electron chi connectivity index (χ2n) is 16.7. The number of para-hydroxylation sites is 1. The van der Waals surface area contributed by atoms with Crippen LogP contribution in [0.3, 0.4) is 0 Å². The lowest BCUT2D eigenvalue weighted by atomic mass is 10.0. The minimum Gasteiger partial charge on any atom is -0.371 e. The predicted octanol–water partition coefficient (Wildman–Crippen LogP) is 5.76. The van der Waals surface area contributed by atoms with Gasteiger partial charge < -0.3 is 15.5 Å². The van der Waals surface area contributed by atoms with E-state index in [-0.39, 0.29) is 24.0 Å². The molecule has 3 aromatic carbocycles. The van der Waals surface area contributed by atoms with Crippen LogP contribution in [-0.4, -0.2) is 109 Å². The Bertz CT molecular complexity index is 2490. The van der Waals surface area contributed by atoms with E-state index >= 15 is 4.39 Å². The van der Waals surface area contributed by atoms with Gasteiger partial charge in [-0.05, 0) is 74.6 Å². The maximum Gasteiger partial charge on any atom is 0.265 e. The highest BCUT2D eigenvalue weighted by Gasteiger charge is 2.46. The van der Waals surface area contributed by atoms with E-state index in [0.29, 0.717) is 30.1 Å². The topological polar surface area (TPSA) is 161 Å². The maximum absolute atomic E-state index is 15.9. The zero-order valence-corrected chi connectivity index (χ0v) is 33.9. The molecule has 1 unspecified atom stereocenters. The first-order valence-electron chi connectivity index (χ1n) is 21.5. The maximum atomic E-state index is 15.9. The molecule has 1 aliphatic carbocycles. The van der Waals surface area contributed by atoms with Gasteiger partial charge in [-0.1, -0.05) is 37.1 Å². The van der Waals surface area contributed by atoms with E-state index in [1.165, 1.54) is 24.6 Å².